The topological polar surface area (TPSA) is 53.1 Å². The third-order valence-corrected chi connectivity index (χ3v) is 6.27. The number of rotatable bonds is 9. The molecule has 0 unspecified atom stereocenters. The number of allylic oxidation sites excluding steroid dienone is 3. The second-order valence-corrected chi connectivity index (χ2v) is 9.79. The predicted molar refractivity (Wildman–Crippen MR) is 155 cm³/mol. The Labute approximate surface area is 229 Å². The molecule has 0 radical (unpaired) electrons. The predicted octanol–water partition coefficient (Wildman–Crippen LogP) is 5.73. The first kappa shape index (κ1) is 32.6. The summed E-state index contributed by atoms with van der Waals surface area (Å²) in [5, 5.41) is 0.875. The SMILES string of the molecule is C/C=C/CN1CC(OC(C)C)C1.C=C1CN(C=O)CCN1/C(=C\CC)C(C)=O.CCc1ccccc1Cl. The number of Topliss-reactive ketones (excluding diaryl/α,β-unsaturated/α-hetero) is 1. The molecule has 6 nitrogen and oxygen atoms in total. The van der Waals surface area contributed by atoms with Gasteiger partial charge in [-0.3, -0.25) is 14.5 Å². The molecule has 0 saturated carbocycles. The molecule has 206 valence electrons. The van der Waals surface area contributed by atoms with Crippen LogP contribution < -0.4 is 0 Å². The third-order valence-electron chi connectivity index (χ3n) is 5.90. The van der Waals surface area contributed by atoms with Crippen LogP contribution in [0.15, 0.2) is 60.5 Å². The number of piperazine rings is 1. The van der Waals surface area contributed by atoms with E-state index < -0.39 is 0 Å². The average Bonchev–Trinajstić information content (AvgIpc) is 2.85. The molecular weight excluding hydrogens is 486 g/mol. The summed E-state index contributed by atoms with van der Waals surface area (Å²) in [6.07, 6.45) is 9.69. The van der Waals surface area contributed by atoms with Gasteiger partial charge in [-0.2, -0.15) is 0 Å². The molecule has 0 bridgehead atoms. The van der Waals surface area contributed by atoms with Gasteiger partial charge in [0.05, 0.1) is 24.4 Å². The Hall–Kier alpha value is -2.41. The molecule has 2 saturated heterocycles. The van der Waals surface area contributed by atoms with Crippen molar-refractivity contribution in [3.8, 4) is 0 Å². The number of carbonyl (C=O) groups excluding carboxylic acids is 2. The van der Waals surface area contributed by atoms with Gasteiger partial charge in [0.15, 0.2) is 5.78 Å². The first-order valence-corrected chi connectivity index (χ1v) is 13.6. The third kappa shape index (κ3) is 12.1. The quantitative estimate of drug-likeness (QED) is 0.231. The molecule has 0 N–H and O–H groups in total. The van der Waals surface area contributed by atoms with Gasteiger partial charge in [-0.1, -0.05) is 68.5 Å². The zero-order chi connectivity index (χ0) is 27.8. The maximum atomic E-state index is 11.5. The van der Waals surface area contributed by atoms with E-state index in [0.29, 0.717) is 37.5 Å². The highest BCUT2D eigenvalue weighted by atomic mass is 35.5. The van der Waals surface area contributed by atoms with E-state index in [2.05, 4.69) is 51.3 Å². The first-order valence-electron chi connectivity index (χ1n) is 13.2. The van der Waals surface area contributed by atoms with Gasteiger partial charge in [0, 0.05) is 50.4 Å². The van der Waals surface area contributed by atoms with Crippen molar-refractivity contribution in [2.75, 3.05) is 39.3 Å². The summed E-state index contributed by atoms with van der Waals surface area (Å²) in [7, 11) is 0. The van der Waals surface area contributed by atoms with Crippen molar-refractivity contribution in [2.24, 2.45) is 0 Å². The number of hydrogen-bond acceptors (Lipinski definition) is 5. The summed E-state index contributed by atoms with van der Waals surface area (Å²) in [4.78, 5) is 28.1. The minimum atomic E-state index is 0.0440. The summed E-state index contributed by atoms with van der Waals surface area (Å²) in [5.41, 5.74) is 2.71. The number of likely N-dealkylation sites (tertiary alicyclic amines) is 1. The molecule has 2 heterocycles. The van der Waals surface area contributed by atoms with Crippen LogP contribution >= 0.6 is 11.6 Å². The minimum absolute atomic E-state index is 0.0440. The normalized spacial score (nSPS) is 16.6. The van der Waals surface area contributed by atoms with E-state index in [1.807, 2.05) is 42.2 Å². The van der Waals surface area contributed by atoms with Gasteiger partial charge in [-0.05, 0) is 45.2 Å². The van der Waals surface area contributed by atoms with Crippen molar-refractivity contribution in [3.63, 3.8) is 0 Å². The summed E-state index contributed by atoms with van der Waals surface area (Å²) in [5.74, 6) is 0.0440. The van der Waals surface area contributed by atoms with Crippen LogP contribution in [0.25, 0.3) is 0 Å². The molecule has 2 aliphatic heterocycles. The fraction of sp³-hybridized carbons (Fsp3) is 0.533. The number of benzene rings is 1. The van der Waals surface area contributed by atoms with E-state index in [4.69, 9.17) is 16.3 Å². The van der Waals surface area contributed by atoms with Crippen molar-refractivity contribution in [3.05, 3.63) is 71.1 Å². The zero-order valence-electron chi connectivity index (χ0n) is 23.6. The number of hydrogen-bond donors (Lipinski definition) is 0. The largest absolute Gasteiger partial charge is 0.373 e. The molecule has 2 fully saturated rings. The Morgan fingerprint density at radius 3 is 2.35 bits per heavy atom. The van der Waals surface area contributed by atoms with Gasteiger partial charge >= 0.3 is 0 Å². The van der Waals surface area contributed by atoms with E-state index in [0.717, 1.165) is 49.6 Å². The summed E-state index contributed by atoms with van der Waals surface area (Å²) >= 11 is 5.82. The van der Waals surface area contributed by atoms with Crippen LogP contribution in [0, 0.1) is 0 Å². The average molecular weight is 532 g/mol. The Morgan fingerprint density at radius 2 is 1.89 bits per heavy atom. The van der Waals surface area contributed by atoms with Crippen LogP contribution in [0.4, 0.5) is 0 Å². The van der Waals surface area contributed by atoms with Crippen molar-refractivity contribution in [1.82, 2.24) is 14.7 Å². The lowest BCUT2D eigenvalue weighted by Crippen LogP contribution is -2.52. The maximum absolute atomic E-state index is 11.5. The number of carbonyl (C=O) groups is 2. The molecule has 1 aromatic rings. The summed E-state index contributed by atoms with van der Waals surface area (Å²) in [6, 6.07) is 7.91. The molecule has 0 aromatic heterocycles. The highest BCUT2D eigenvalue weighted by Gasteiger charge is 2.26. The lowest BCUT2D eigenvalue weighted by Gasteiger charge is -2.39. The summed E-state index contributed by atoms with van der Waals surface area (Å²) in [6.45, 7) is 20.9. The molecule has 0 aliphatic carbocycles. The molecule has 1 amide bonds. The summed E-state index contributed by atoms with van der Waals surface area (Å²) < 4.78 is 5.63. The first-order chi connectivity index (χ1) is 17.7. The monoisotopic (exact) mass is 531 g/mol. The van der Waals surface area contributed by atoms with Crippen LogP contribution in [-0.2, 0) is 20.7 Å². The molecule has 0 atom stereocenters. The van der Waals surface area contributed by atoms with Gasteiger partial charge in [0.25, 0.3) is 0 Å². The zero-order valence-corrected chi connectivity index (χ0v) is 24.3. The highest BCUT2D eigenvalue weighted by Crippen LogP contribution is 2.18. The Balaban J connectivity index is 0.000000289. The number of halogens is 1. The lowest BCUT2D eigenvalue weighted by atomic mass is 10.1. The van der Waals surface area contributed by atoms with Crippen molar-refractivity contribution in [2.45, 2.75) is 66.6 Å². The molecule has 2 aliphatic rings. The Morgan fingerprint density at radius 1 is 1.22 bits per heavy atom. The van der Waals surface area contributed by atoms with E-state index in [1.165, 1.54) is 5.56 Å². The Bertz CT molecular complexity index is 907. The maximum Gasteiger partial charge on any atom is 0.210 e. The van der Waals surface area contributed by atoms with Crippen LogP contribution in [0.2, 0.25) is 5.02 Å². The van der Waals surface area contributed by atoms with Gasteiger partial charge in [-0.25, -0.2) is 0 Å². The molecule has 0 spiro atoms. The number of ether oxygens (including phenoxy) is 1. The number of nitrogens with zero attached hydrogens (tertiary/aromatic N) is 3. The van der Waals surface area contributed by atoms with Crippen molar-refractivity contribution >= 4 is 23.8 Å². The minimum Gasteiger partial charge on any atom is -0.373 e. The lowest BCUT2D eigenvalue weighted by molar-refractivity contribution is -0.118. The molecule has 7 heteroatoms. The number of amides is 1. The number of aryl methyl sites for hydroxylation is 1. The van der Waals surface area contributed by atoms with Gasteiger partial charge in [0.1, 0.15) is 0 Å². The Kier molecular flexibility index (Phi) is 15.8. The number of ketones is 1. The van der Waals surface area contributed by atoms with E-state index in [9.17, 15) is 9.59 Å². The van der Waals surface area contributed by atoms with Gasteiger partial charge < -0.3 is 14.5 Å². The van der Waals surface area contributed by atoms with Crippen LogP contribution in [0.1, 0.15) is 53.5 Å². The van der Waals surface area contributed by atoms with Gasteiger partial charge in [-0.15, -0.1) is 0 Å². The van der Waals surface area contributed by atoms with Crippen LogP contribution in [0.3, 0.4) is 0 Å². The van der Waals surface area contributed by atoms with E-state index in [1.54, 1.807) is 11.8 Å². The standard InChI is InChI=1S/C12H18N2O2.C10H19NO.C8H9Cl/c1-4-5-12(11(3)16)14-7-6-13(9-15)8-10(14)2;1-4-5-6-11-7-10(8-11)12-9(2)3;1-2-7-5-3-4-6-8(7)9/h5,9H,2,4,6-8H2,1,3H3;4-5,9-10H,6-8H2,1-3H3;3-6H,2H2,1H3/b12-5-;5-4+;. The molecular formula is C30H46ClN3O3. The fourth-order valence-electron chi connectivity index (χ4n) is 3.99. The van der Waals surface area contributed by atoms with Crippen LogP contribution in [-0.4, -0.2) is 78.4 Å². The smallest absolute Gasteiger partial charge is 0.210 e. The second-order valence-electron chi connectivity index (χ2n) is 9.39. The molecule has 3 rings (SSSR count). The van der Waals surface area contributed by atoms with E-state index in [-0.39, 0.29) is 5.78 Å². The molecule has 1 aromatic carbocycles. The fourth-order valence-corrected chi connectivity index (χ4v) is 4.25. The highest BCUT2D eigenvalue weighted by molar-refractivity contribution is 6.31. The van der Waals surface area contributed by atoms with Crippen molar-refractivity contribution < 1.29 is 14.3 Å². The van der Waals surface area contributed by atoms with Gasteiger partial charge in [0.2, 0.25) is 6.41 Å². The molecule has 37 heavy (non-hydrogen) atoms. The second kappa shape index (κ2) is 17.9. The van der Waals surface area contributed by atoms with Crippen LogP contribution in [0.5, 0.6) is 0 Å². The van der Waals surface area contributed by atoms with Crippen molar-refractivity contribution in [1.29, 1.82) is 0 Å². The van der Waals surface area contributed by atoms with E-state index >= 15 is 0 Å².